The first kappa shape index (κ1) is 25.6. The van der Waals surface area contributed by atoms with Crippen molar-refractivity contribution in [2.24, 2.45) is 0 Å². The molecule has 194 valence electrons. The highest BCUT2D eigenvalue weighted by Gasteiger charge is 2.30. The summed E-state index contributed by atoms with van der Waals surface area (Å²) >= 11 is 1.51. The lowest BCUT2D eigenvalue weighted by atomic mass is 10.1. The summed E-state index contributed by atoms with van der Waals surface area (Å²) in [5, 5.41) is 12.2. The number of aryl methyl sites for hydroxylation is 1. The summed E-state index contributed by atoms with van der Waals surface area (Å²) in [6, 6.07) is 19.9. The molecule has 2 N–H and O–H groups in total. The molecule has 1 atom stereocenters. The van der Waals surface area contributed by atoms with Gasteiger partial charge in [-0.25, -0.2) is 13.1 Å². The molecule has 5 rings (SSSR count). The van der Waals surface area contributed by atoms with Gasteiger partial charge in [0.2, 0.25) is 0 Å². The van der Waals surface area contributed by atoms with E-state index in [4.69, 9.17) is 5.10 Å². The number of rotatable bonds is 7. The Labute approximate surface area is 224 Å². The number of amides is 2. The fourth-order valence-corrected chi connectivity index (χ4v) is 6.60. The lowest BCUT2D eigenvalue weighted by molar-refractivity contribution is -0.118. The van der Waals surface area contributed by atoms with E-state index in [1.54, 1.807) is 29.1 Å². The number of hydrogen-bond acceptors (Lipinski definition) is 6. The molecule has 2 aromatic carbocycles. The number of sulfone groups is 1. The molecule has 4 aromatic rings. The SMILES string of the molecule is Cc1ccc(C(=O)N/C(=C\c2cn(-c3ccccc3)nc2-c2cccs2)C(=O)N[C@H]2CCS(=O)(=O)C2)cc1. The van der Waals surface area contributed by atoms with Crippen LogP contribution in [0.2, 0.25) is 0 Å². The van der Waals surface area contributed by atoms with E-state index in [1.165, 1.54) is 11.3 Å². The second-order valence-electron chi connectivity index (χ2n) is 9.14. The zero-order valence-corrected chi connectivity index (χ0v) is 22.3. The number of para-hydroxylation sites is 1. The predicted octanol–water partition coefficient (Wildman–Crippen LogP) is 3.98. The summed E-state index contributed by atoms with van der Waals surface area (Å²) in [7, 11) is -3.19. The van der Waals surface area contributed by atoms with E-state index in [0.29, 0.717) is 23.2 Å². The molecule has 0 bridgehead atoms. The van der Waals surface area contributed by atoms with E-state index in [-0.39, 0.29) is 17.2 Å². The molecule has 3 heterocycles. The molecule has 0 unspecified atom stereocenters. The van der Waals surface area contributed by atoms with Crippen molar-refractivity contribution >= 4 is 39.1 Å². The van der Waals surface area contributed by atoms with Crippen LogP contribution in [0, 0.1) is 6.92 Å². The van der Waals surface area contributed by atoms with Crippen LogP contribution in [0.1, 0.15) is 27.9 Å². The minimum atomic E-state index is -3.19. The van der Waals surface area contributed by atoms with Gasteiger partial charge < -0.3 is 10.6 Å². The van der Waals surface area contributed by atoms with Crippen LogP contribution < -0.4 is 10.6 Å². The Hall–Kier alpha value is -4.02. The third kappa shape index (κ3) is 5.92. The van der Waals surface area contributed by atoms with Crippen molar-refractivity contribution in [1.82, 2.24) is 20.4 Å². The van der Waals surface area contributed by atoms with Crippen LogP contribution in [-0.4, -0.2) is 47.6 Å². The molecule has 0 saturated carbocycles. The zero-order valence-electron chi connectivity index (χ0n) is 20.6. The van der Waals surface area contributed by atoms with Crippen molar-refractivity contribution in [2.45, 2.75) is 19.4 Å². The third-order valence-corrected chi connectivity index (χ3v) is 8.84. The van der Waals surface area contributed by atoms with Crippen LogP contribution in [0.3, 0.4) is 0 Å². The van der Waals surface area contributed by atoms with E-state index in [0.717, 1.165) is 16.1 Å². The highest BCUT2D eigenvalue weighted by Crippen LogP contribution is 2.29. The van der Waals surface area contributed by atoms with Gasteiger partial charge in [0.05, 0.1) is 22.1 Å². The van der Waals surface area contributed by atoms with Crippen molar-refractivity contribution in [3.8, 4) is 16.3 Å². The second kappa shape index (κ2) is 10.8. The maximum atomic E-state index is 13.4. The van der Waals surface area contributed by atoms with Crippen LogP contribution in [0.4, 0.5) is 0 Å². The third-order valence-electron chi connectivity index (χ3n) is 6.19. The van der Waals surface area contributed by atoms with Gasteiger partial charge >= 0.3 is 0 Å². The fraction of sp³-hybridized carbons (Fsp3) is 0.179. The number of nitrogens with one attached hydrogen (secondary N) is 2. The predicted molar refractivity (Wildman–Crippen MR) is 149 cm³/mol. The maximum absolute atomic E-state index is 13.4. The summed E-state index contributed by atoms with van der Waals surface area (Å²) in [6.45, 7) is 1.92. The number of aromatic nitrogens is 2. The first-order valence-corrected chi connectivity index (χ1v) is 14.8. The molecule has 2 aromatic heterocycles. The quantitative estimate of drug-likeness (QED) is 0.341. The van der Waals surface area contributed by atoms with Crippen molar-refractivity contribution in [3.63, 3.8) is 0 Å². The summed E-state index contributed by atoms with van der Waals surface area (Å²) in [4.78, 5) is 27.4. The number of benzene rings is 2. The number of hydrogen-bond donors (Lipinski definition) is 2. The molecular weight excluding hydrogens is 520 g/mol. The minimum absolute atomic E-state index is 0.00490. The van der Waals surface area contributed by atoms with Crippen LogP contribution in [0.5, 0.6) is 0 Å². The Bertz CT molecular complexity index is 1590. The van der Waals surface area contributed by atoms with Gasteiger partial charge in [0.25, 0.3) is 11.8 Å². The van der Waals surface area contributed by atoms with E-state index in [1.807, 2.05) is 66.9 Å². The van der Waals surface area contributed by atoms with E-state index < -0.39 is 27.7 Å². The van der Waals surface area contributed by atoms with Gasteiger partial charge in [0, 0.05) is 23.4 Å². The second-order valence-corrected chi connectivity index (χ2v) is 12.3. The van der Waals surface area contributed by atoms with Gasteiger partial charge in [-0.3, -0.25) is 9.59 Å². The first-order chi connectivity index (χ1) is 18.3. The van der Waals surface area contributed by atoms with Gasteiger partial charge in [0.15, 0.2) is 9.84 Å². The average molecular weight is 547 g/mol. The monoisotopic (exact) mass is 546 g/mol. The van der Waals surface area contributed by atoms with E-state index in [9.17, 15) is 18.0 Å². The molecule has 8 nitrogen and oxygen atoms in total. The molecule has 1 saturated heterocycles. The van der Waals surface area contributed by atoms with Crippen LogP contribution in [0.15, 0.2) is 84.0 Å². The molecule has 2 amide bonds. The summed E-state index contributed by atoms with van der Waals surface area (Å²) in [5.41, 5.74) is 3.54. The zero-order chi connectivity index (χ0) is 26.7. The van der Waals surface area contributed by atoms with Crippen LogP contribution in [0.25, 0.3) is 22.3 Å². The Morgan fingerprint density at radius 1 is 1.05 bits per heavy atom. The van der Waals surface area contributed by atoms with Crippen molar-refractivity contribution in [2.75, 3.05) is 11.5 Å². The van der Waals surface area contributed by atoms with Gasteiger partial charge in [-0.05, 0) is 55.1 Å². The van der Waals surface area contributed by atoms with Gasteiger partial charge in [-0.2, -0.15) is 5.10 Å². The van der Waals surface area contributed by atoms with Crippen LogP contribution >= 0.6 is 11.3 Å². The standard InChI is InChI=1S/C28H26N4O4S2/c1-19-9-11-20(12-10-19)27(33)30-24(28(34)29-22-13-15-38(35,36)18-22)16-21-17-32(23-6-3-2-4-7-23)31-26(21)25-8-5-14-37-25/h2-12,14,16-17,22H,13,15,18H2,1H3,(H,29,34)(H,30,33)/b24-16-/t22-/m0/s1. The summed E-state index contributed by atoms with van der Waals surface area (Å²) in [6.07, 6.45) is 3.72. The number of carbonyl (C=O) groups is 2. The Balaban J connectivity index is 1.53. The van der Waals surface area contributed by atoms with Gasteiger partial charge in [0.1, 0.15) is 11.4 Å². The summed E-state index contributed by atoms with van der Waals surface area (Å²) in [5.74, 6) is -1.10. The molecule has 38 heavy (non-hydrogen) atoms. The molecule has 0 radical (unpaired) electrons. The molecular formula is C28H26N4O4S2. The lowest BCUT2D eigenvalue weighted by Gasteiger charge is -2.14. The number of thiophene rings is 1. The minimum Gasteiger partial charge on any atom is -0.347 e. The Kier molecular flexibility index (Phi) is 7.26. The van der Waals surface area contributed by atoms with Crippen molar-refractivity contribution in [3.05, 3.63) is 101 Å². The lowest BCUT2D eigenvalue weighted by Crippen LogP contribution is -2.41. The molecule has 1 aliphatic heterocycles. The van der Waals surface area contributed by atoms with Gasteiger partial charge in [-0.1, -0.05) is 42.0 Å². The molecule has 1 aliphatic rings. The molecule has 1 fully saturated rings. The smallest absolute Gasteiger partial charge is 0.268 e. The normalized spacial score (nSPS) is 16.8. The van der Waals surface area contributed by atoms with Gasteiger partial charge in [-0.15, -0.1) is 11.3 Å². The Morgan fingerprint density at radius 2 is 1.82 bits per heavy atom. The van der Waals surface area contributed by atoms with Crippen molar-refractivity contribution in [1.29, 1.82) is 0 Å². The number of carbonyl (C=O) groups excluding carboxylic acids is 2. The maximum Gasteiger partial charge on any atom is 0.268 e. The topological polar surface area (TPSA) is 110 Å². The fourth-order valence-electron chi connectivity index (χ4n) is 4.20. The molecule has 0 aliphatic carbocycles. The van der Waals surface area contributed by atoms with E-state index >= 15 is 0 Å². The van der Waals surface area contributed by atoms with Crippen LogP contribution in [-0.2, 0) is 14.6 Å². The highest BCUT2D eigenvalue weighted by molar-refractivity contribution is 7.91. The molecule has 10 heteroatoms. The first-order valence-electron chi connectivity index (χ1n) is 12.1. The Morgan fingerprint density at radius 3 is 2.47 bits per heavy atom. The average Bonchev–Trinajstić information content (AvgIpc) is 3.64. The largest absolute Gasteiger partial charge is 0.347 e. The number of nitrogens with zero attached hydrogens (tertiary/aromatic N) is 2. The van der Waals surface area contributed by atoms with E-state index in [2.05, 4.69) is 10.6 Å². The van der Waals surface area contributed by atoms with Crippen molar-refractivity contribution < 1.29 is 18.0 Å². The highest BCUT2D eigenvalue weighted by atomic mass is 32.2. The summed E-state index contributed by atoms with van der Waals surface area (Å²) < 4.78 is 25.6. The molecule has 0 spiro atoms.